The molecule has 3 nitrogen and oxygen atoms in total. The van der Waals surface area contributed by atoms with Crippen molar-refractivity contribution in [3.63, 3.8) is 0 Å². The van der Waals surface area contributed by atoms with Gasteiger partial charge in [0.25, 0.3) is 0 Å². The fourth-order valence-corrected chi connectivity index (χ4v) is 5.42. The highest BCUT2D eigenvalue weighted by Crippen LogP contribution is 2.33. The van der Waals surface area contributed by atoms with Gasteiger partial charge in [0.2, 0.25) is 11.2 Å². The van der Waals surface area contributed by atoms with Crippen LogP contribution in [-0.4, -0.2) is 5.75 Å². The van der Waals surface area contributed by atoms with Crippen molar-refractivity contribution in [2.75, 3.05) is 17.2 Å². The van der Waals surface area contributed by atoms with E-state index in [4.69, 9.17) is 11.5 Å². The number of unbranched alkanes of at least 4 members (excludes halogenated alkanes) is 9. The Morgan fingerprint density at radius 2 is 1.14 bits per heavy atom. The van der Waals surface area contributed by atoms with Gasteiger partial charge in [0.15, 0.2) is 0 Å². The smallest absolute Gasteiger partial charge is 0.220 e. The highest BCUT2D eigenvalue weighted by molar-refractivity contribution is 7.80. The molecular formula is C31H40N3S+. The number of nitrogens with two attached hydrogens (primary N) is 2. The lowest BCUT2D eigenvalue weighted by Crippen LogP contribution is -2.37. The maximum Gasteiger partial charge on any atom is 0.220 e. The van der Waals surface area contributed by atoms with Gasteiger partial charge in [0.05, 0.1) is 10.8 Å². The molecule has 0 aliphatic rings. The molecule has 0 amide bonds. The van der Waals surface area contributed by atoms with Crippen molar-refractivity contribution < 1.29 is 4.57 Å². The zero-order valence-corrected chi connectivity index (χ0v) is 21.8. The predicted molar refractivity (Wildman–Crippen MR) is 156 cm³/mol. The number of thiol groups is 1. The predicted octanol–water partition coefficient (Wildman–Crippen LogP) is 7.94. The second kappa shape index (κ2) is 12.8. The first-order valence-electron chi connectivity index (χ1n) is 13.3. The molecule has 3 aromatic carbocycles. The Hall–Kier alpha value is -2.72. The van der Waals surface area contributed by atoms with Gasteiger partial charge < -0.3 is 11.5 Å². The largest absolute Gasteiger partial charge is 0.399 e. The van der Waals surface area contributed by atoms with Crippen LogP contribution in [0.5, 0.6) is 0 Å². The van der Waals surface area contributed by atoms with E-state index in [2.05, 4.69) is 71.8 Å². The summed E-state index contributed by atoms with van der Waals surface area (Å²) in [7, 11) is 0. The van der Waals surface area contributed by atoms with Gasteiger partial charge in [-0.25, -0.2) is 0 Å². The lowest BCUT2D eigenvalue weighted by molar-refractivity contribution is -0.659. The fourth-order valence-electron chi connectivity index (χ4n) is 5.19. The van der Waals surface area contributed by atoms with Gasteiger partial charge in [-0.2, -0.15) is 17.2 Å². The van der Waals surface area contributed by atoms with Crippen molar-refractivity contribution in [2.24, 2.45) is 0 Å². The molecular weight excluding hydrogens is 446 g/mol. The molecule has 1 heterocycles. The first-order chi connectivity index (χ1) is 17.2. The van der Waals surface area contributed by atoms with Crippen LogP contribution in [0, 0.1) is 0 Å². The molecule has 0 fully saturated rings. The van der Waals surface area contributed by atoms with Crippen LogP contribution in [0.3, 0.4) is 0 Å². The first-order valence-corrected chi connectivity index (χ1v) is 13.9. The second-order valence-electron chi connectivity index (χ2n) is 9.71. The summed E-state index contributed by atoms with van der Waals surface area (Å²) in [5.74, 6) is 1.02. The molecule has 0 atom stereocenters. The van der Waals surface area contributed by atoms with E-state index in [1.807, 2.05) is 12.1 Å². The molecule has 1 aromatic heterocycles. The number of nitrogen functional groups attached to an aromatic ring is 2. The maximum atomic E-state index is 6.27. The molecule has 0 saturated heterocycles. The molecule has 4 rings (SSSR count). The van der Waals surface area contributed by atoms with Crippen molar-refractivity contribution in [3.05, 3.63) is 66.7 Å². The molecule has 0 radical (unpaired) electrons. The quantitative estimate of drug-likeness (QED) is 0.0590. The van der Waals surface area contributed by atoms with E-state index >= 15 is 0 Å². The number of aryl methyl sites for hydroxylation is 1. The van der Waals surface area contributed by atoms with Crippen LogP contribution in [-0.2, 0) is 6.54 Å². The van der Waals surface area contributed by atoms with Crippen molar-refractivity contribution in [1.82, 2.24) is 0 Å². The Labute approximate surface area is 215 Å². The number of hydrogen-bond acceptors (Lipinski definition) is 3. The highest BCUT2D eigenvalue weighted by Gasteiger charge is 2.23. The third kappa shape index (κ3) is 6.49. The summed E-state index contributed by atoms with van der Waals surface area (Å²) >= 11 is 4.30. The monoisotopic (exact) mass is 486 g/mol. The Morgan fingerprint density at radius 3 is 1.80 bits per heavy atom. The fraction of sp³-hybridized carbons (Fsp3) is 0.387. The van der Waals surface area contributed by atoms with E-state index in [0.29, 0.717) is 0 Å². The minimum atomic E-state index is 0.793. The zero-order chi connectivity index (χ0) is 24.5. The average Bonchev–Trinajstić information content (AvgIpc) is 2.87. The van der Waals surface area contributed by atoms with Gasteiger partial charge >= 0.3 is 0 Å². The van der Waals surface area contributed by atoms with E-state index < -0.39 is 0 Å². The molecule has 0 spiro atoms. The van der Waals surface area contributed by atoms with Crippen LogP contribution in [0.15, 0.2) is 66.7 Å². The van der Waals surface area contributed by atoms with Gasteiger partial charge in [0, 0.05) is 34.8 Å². The molecule has 4 N–H and O–H groups in total. The Morgan fingerprint density at radius 1 is 0.571 bits per heavy atom. The summed E-state index contributed by atoms with van der Waals surface area (Å²) < 4.78 is 2.48. The van der Waals surface area contributed by atoms with E-state index in [1.54, 1.807) is 0 Å². The molecule has 4 heteroatoms. The SMILES string of the molecule is Nc1ccc2c(c1)c(-c1ccccc1)[n+](CCCCCCCCCCCCS)c1cc(N)ccc21. The van der Waals surface area contributed by atoms with E-state index in [0.717, 1.165) is 30.1 Å². The minimum Gasteiger partial charge on any atom is -0.399 e. The number of hydrogen-bond donors (Lipinski definition) is 3. The maximum absolute atomic E-state index is 6.27. The molecule has 35 heavy (non-hydrogen) atoms. The van der Waals surface area contributed by atoms with Crippen LogP contribution >= 0.6 is 12.6 Å². The Balaban J connectivity index is 1.54. The van der Waals surface area contributed by atoms with Gasteiger partial charge in [-0.3, -0.25) is 0 Å². The van der Waals surface area contributed by atoms with Crippen LogP contribution in [0.2, 0.25) is 0 Å². The summed E-state index contributed by atoms with van der Waals surface area (Å²) in [6, 6.07) is 23.3. The third-order valence-corrected chi connectivity index (χ3v) is 7.32. The minimum absolute atomic E-state index is 0.793. The summed E-state index contributed by atoms with van der Waals surface area (Å²) in [6.07, 6.45) is 13.1. The Bertz CT molecular complexity index is 1240. The molecule has 0 unspecified atom stereocenters. The zero-order valence-electron chi connectivity index (χ0n) is 20.9. The summed E-state index contributed by atoms with van der Waals surface area (Å²) in [5.41, 5.74) is 17.8. The lowest BCUT2D eigenvalue weighted by atomic mass is 9.98. The number of nitrogens with zero attached hydrogens (tertiary/aromatic N) is 1. The average molecular weight is 487 g/mol. The van der Waals surface area contributed by atoms with Crippen molar-refractivity contribution in [1.29, 1.82) is 0 Å². The van der Waals surface area contributed by atoms with Gasteiger partial charge in [-0.15, -0.1) is 0 Å². The van der Waals surface area contributed by atoms with Crippen LogP contribution < -0.4 is 16.0 Å². The summed E-state index contributed by atoms with van der Waals surface area (Å²) in [6.45, 7) is 0.971. The van der Waals surface area contributed by atoms with Crippen molar-refractivity contribution in [2.45, 2.75) is 70.8 Å². The van der Waals surface area contributed by atoms with E-state index in [-0.39, 0.29) is 0 Å². The van der Waals surface area contributed by atoms with Crippen LogP contribution in [0.1, 0.15) is 64.2 Å². The van der Waals surface area contributed by atoms with E-state index in [9.17, 15) is 0 Å². The number of aromatic nitrogens is 1. The first kappa shape index (κ1) is 25.4. The van der Waals surface area contributed by atoms with Crippen LogP contribution in [0.25, 0.3) is 32.9 Å². The third-order valence-electron chi connectivity index (χ3n) is 7.01. The lowest BCUT2D eigenvalue weighted by Gasteiger charge is -2.13. The van der Waals surface area contributed by atoms with Crippen molar-refractivity contribution >= 4 is 45.7 Å². The van der Waals surface area contributed by atoms with Crippen LogP contribution in [0.4, 0.5) is 11.4 Å². The number of pyridine rings is 1. The normalized spacial score (nSPS) is 11.5. The van der Waals surface area contributed by atoms with Gasteiger partial charge in [-0.05, 0) is 55.0 Å². The molecule has 0 aliphatic heterocycles. The van der Waals surface area contributed by atoms with Gasteiger partial charge in [0.1, 0.15) is 6.54 Å². The molecule has 0 aliphatic carbocycles. The molecule has 4 aromatic rings. The van der Waals surface area contributed by atoms with Gasteiger partial charge in [-0.1, -0.05) is 69.2 Å². The molecule has 184 valence electrons. The summed E-state index contributed by atoms with van der Waals surface area (Å²) in [4.78, 5) is 0. The van der Waals surface area contributed by atoms with E-state index in [1.165, 1.54) is 90.7 Å². The molecule has 0 saturated carbocycles. The standard InChI is InChI=1S/C31H39N3S/c32-25-16-18-27-28-19-17-26(33)23-30(28)34(31(29(27)22-25)24-14-10-9-11-15-24)20-12-7-5-3-1-2-4-6-8-13-21-35/h9-11,14-19,22-23,33,35H,1-8,12-13,20-21,32H2/p+1. The van der Waals surface area contributed by atoms with Crippen molar-refractivity contribution in [3.8, 4) is 11.3 Å². The Kier molecular flexibility index (Phi) is 9.30. The second-order valence-corrected chi connectivity index (χ2v) is 10.2. The number of benzene rings is 3. The topological polar surface area (TPSA) is 55.9 Å². The highest BCUT2D eigenvalue weighted by atomic mass is 32.1. The number of rotatable bonds is 13. The summed E-state index contributed by atoms with van der Waals surface area (Å²) in [5, 5.41) is 3.65. The number of fused-ring (bicyclic) bond motifs is 3. The number of anilines is 2. The molecule has 0 bridgehead atoms.